The highest BCUT2D eigenvalue weighted by Gasteiger charge is 2.19. The Kier molecular flexibility index (Phi) is 4.32. The molecule has 0 bridgehead atoms. The van der Waals surface area contributed by atoms with Gasteiger partial charge in [0.05, 0.1) is 0 Å². The summed E-state index contributed by atoms with van der Waals surface area (Å²) < 4.78 is 2.14. The molecule has 1 saturated heterocycles. The number of piperazine rings is 1. The number of pyridine rings is 1. The topological polar surface area (TPSA) is 50.3 Å². The molecule has 1 aliphatic rings. The van der Waals surface area contributed by atoms with Crippen LogP contribution in [0.2, 0.25) is 0 Å². The molecule has 0 unspecified atom stereocenters. The van der Waals surface area contributed by atoms with Crippen LogP contribution in [0.15, 0.2) is 48.7 Å². The summed E-state index contributed by atoms with van der Waals surface area (Å²) in [5, 5.41) is 1.18. The summed E-state index contributed by atoms with van der Waals surface area (Å²) in [6.45, 7) is 7.65. The Bertz CT molecular complexity index is 861. The molecule has 5 nitrogen and oxygen atoms in total. The molecule has 130 valence electrons. The number of fused-ring (bicyclic) bond motifs is 1. The van der Waals surface area contributed by atoms with Crippen molar-refractivity contribution in [1.82, 2.24) is 9.55 Å². The van der Waals surface area contributed by atoms with Crippen molar-refractivity contribution >= 4 is 22.5 Å². The fourth-order valence-corrected chi connectivity index (χ4v) is 3.64. The maximum atomic E-state index is 5.71. The van der Waals surface area contributed by atoms with Crippen molar-refractivity contribution in [3.05, 3.63) is 54.2 Å². The zero-order chi connectivity index (χ0) is 17.2. The Labute approximate surface area is 148 Å². The molecule has 0 saturated carbocycles. The van der Waals surface area contributed by atoms with E-state index < -0.39 is 0 Å². The molecule has 2 N–H and O–H groups in total. The summed E-state index contributed by atoms with van der Waals surface area (Å²) in [6, 6.07) is 15.0. The summed E-state index contributed by atoms with van der Waals surface area (Å²) in [5.41, 5.74) is 9.43. The van der Waals surface area contributed by atoms with Gasteiger partial charge in [0.25, 0.3) is 0 Å². The van der Waals surface area contributed by atoms with Gasteiger partial charge in [-0.2, -0.15) is 0 Å². The molecule has 0 spiro atoms. The van der Waals surface area contributed by atoms with Crippen molar-refractivity contribution in [2.45, 2.75) is 13.5 Å². The lowest BCUT2D eigenvalue weighted by Crippen LogP contribution is -2.47. The first-order valence-electron chi connectivity index (χ1n) is 8.98. The number of hydrogen-bond acceptors (Lipinski definition) is 4. The zero-order valence-corrected chi connectivity index (χ0v) is 14.7. The first kappa shape index (κ1) is 16.0. The van der Waals surface area contributed by atoms with Gasteiger partial charge in [-0.15, -0.1) is 0 Å². The van der Waals surface area contributed by atoms with E-state index >= 15 is 0 Å². The molecular weight excluding hydrogens is 310 g/mol. The van der Waals surface area contributed by atoms with Crippen LogP contribution < -0.4 is 15.5 Å². The van der Waals surface area contributed by atoms with Gasteiger partial charge in [0.1, 0.15) is 11.5 Å². The molecule has 2 aromatic heterocycles. The number of para-hydroxylation sites is 1. The molecule has 1 aromatic carbocycles. The second-order valence-electron chi connectivity index (χ2n) is 6.64. The number of nitrogens with zero attached hydrogens (tertiary/aromatic N) is 4. The first-order chi connectivity index (χ1) is 12.3. The third-order valence-corrected chi connectivity index (χ3v) is 5.03. The Morgan fingerprint density at radius 2 is 1.72 bits per heavy atom. The van der Waals surface area contributed by atoms with Crippen molar-refractivity contribution in [1.29, 1.82) is 0 Å². The first-order valence-corrected chi connectivity index (χ1v) is 8.98. The molecular formula is C20H25N5. The lowest BCUT2D eigenvalue weighted by molar-refractivity contribution is 0.646. The van der Waals surface area contributed by atoms with Crippen molar-refractivity contribution in [3.63, 3.8) is 0 Å². The van der Waals surface area contributed by atoms with Gasteiger partial charge in [-0.05, 0) is 36.8 Å². The molecule has 25 heavy (non-hydrogen) atoms. The molecule has 4 rings (SSSR count). The zero-order valence-electron chi connectivity index (χ0n) is 14.7. The number of hydrogen-bond donors (Lipinski definition) is 1. The predicted octanol–water partition coefficient (Wildman–Crippen LogP) is 2.63. The third-order valence-electron chi connectivity index (χ3n) is 5.03. The minimum atomic E-state index is 0.630. The summed E-state index contributed by atoms with van der Waals surface area (Å²) in [5.74, 6) is 1.06. The van der Waals surface area contributed by atoms with E-state index in [1.165, 1.54) is 16.6 Å². The van der Waals surface area contributed by atoms with Crippen molar-refractivity contribution in [2.75, 3.05) is 42.5 Å². The lowest BCUT2D eigenvalue weighted by atomic mass is 10.1. The van der Waals surface area contributed by atoms with Crippen LogP contribution in [-0.4, -0.2) is 42.3 Å². The van der Waals surface area contributed by atoms with E-state index in [1.807, 2.05) is 0 Å². The number of rotatable bonds is 4. The van der Waals surface area contributed by atoms with Crippen molar-refractivity contribution < 1.29 is 0 Å². The fourth-order valence-electron chi connectivity index (χ4n) is 3.64. The van der Waals surface area contributed by atoms with E-state index in [9.17, 15) is 0 Å². The molecule has 0 radical (unpaired) electrons. The van der Waals surface area contributed by atoms with Crippen LogP contribution in [0.3, 0.4) is 0 Å². The molecule has 3 heterocycles. The highest BCUT2D eigenvalue weighted by molar-refractivity contribution is 5.78. The van der Waals surface area contributed by atoms with Gasteiger partial charge in [0, 0.05) is 56.5 Å². The molecule has 0 amide bonds. The highest BCUT2D eigenvalue weighted by Crippen LogP contribution is 2.24. The number of nitrogens with two attached hydrogens (primary N) is 1. The predicted molar refractivity (Wildman–Crippen MR) is 104 cm³/mol. The normalized spacial score (nSPS) is 15.1. The van der Waals surface area contributed by atoms with Gasteiger partial charge in [-0.3, -0.25) is 0 Å². The molecule has 1 fully saturated rings. The Hall–Kier alpha value is -2.53. The van der Waals surface area contributed by atoms with Crippen LogP contribution in [0.4, 0.5) is 11.5 Å². The third kappa shape index (κ3) is 3.07. The quantitative estimate of drug-likeness (QED) is 0.796. The van der Waals surface area contributed by atoms with Crippen LogP contribution >= 0.6 is 0 Å². The largest absolute Gasteiger partial charge is 0.368 e. The van der Waals surface area contributed by atoms with Crippen LogP contribution in [0.5, 0.6) is 0 Å². The van der Waals surface area contributed by atoms with E-state index in [1.54, 1.807) is 0 Å². The Morgan fingerprint density at radius 1 is 0.960 bits per heavy atom. The number of aromatic nitrogens is 2. The van der Waals surface area contributed by atoms with Gasteiger partial charge < -0.3 is 20.1 Å². The minimum Gasteiger partial charge on any atom is -0.368 e. The average Bonchev–Trinajstić information content (AvgIpc) is 3.05. The van der Waals surface area contributed by atoms with E-state index in [0.717, 1.165) is 44.2 Å². The van der Waals surface area contributed by atoms with Crippen LogP contribution in [0, 0.1) is 6.92 Å². The van der Waals surface area contributed by atoms with E-state index in [2.05, 4.69) is 70.0 Å². The minimum absolute atomic E-state index is 0.630. The van der Waals surface area contributed by atoms with E-state index in [-0.39, 0.29) is 0 Å². The van der Waals surface area contributed by atoms with E-state index in [4.69, 9.17) is 10.7 Å². The maximum Gasteiger partial charge on any atom is 0.142 e. The number of anilines is 2. The second kappa shape index (κ2) is 6.76. The van der Waals surface area contributed by atoms with Crippen molar-refractivity contribution in [3.8, 4) is 0 Å². The summed E-state index contributed by atoms with van der Waals surface area (Å²) in [4.78, 5) is 9.76. The van der Waals surface area contributed by atoms with Gasteiger partial charge in [0.15, 0.2) is 0 Å². The fraction of sp³-hybridized carbons (Fsp3) is 0.350. The Balaban J connectivity index is 1.51. The average molecular weight is 335 g/mol. The highest BCUT2D eigenvalue weighted by atomic mass is 15.3. The van der Waals surface area contributed by atoms with Crippen LogP contribution in [-0.2, 0) is 6.54 Å². The monoisotopic (exact) mass is 335 g/mol. The molecule has 1 aliphatic heterocycles. The van der Waals surface area contributed by atoms with Gasteiger partial charge >= 0.3 is 0 Å². The lowest BCUT2D eigenvalue weighted by Gasteiger charge is -2.37. The maximum absolute atomic E-state index is 5.71. The summed E-state index contributed by atoms with van der Waals surface area (Å²) >= 11 is 0. The van der Waals surface area contributed by atoms with Gasteiger partial charge in [-0.25, -0.2) is 4.98 Å². The molecule has 3 aromatic rings. The second-order valence-corrected chi connectivity index (χ2v) is 6.64. The standard InChI is InChI=1S/C20H25N5/c1-16-4-2-3-5-18(16)23-12-14-24(15-13-23)19-7-6-17-8-10-25(11-9-21)20(17)22-19/h2-8,10H,9,11-15,21H2,1H3. The smallest absolute Gasteiger partial charge is 0.142 e. The molecule has 5 heteroatoms. The van der Waals surface area contributed by atoms with Crippen molar-refractivity contribution in [2.24, 2.45) is 5.73 Å². The van der Waals surface area contributed by atoms with Gasteiger partial charge in [0.2, 0.25) is 0 Å². The SMILES string of the molecule is Cc1ccccc1N1CCN(c2ccc3ccn(CCN)c3n2)CC1. The van der Waals surface area contributed by atoms with Crippen LogP contribution in [0.25, 0.3) is 11.0 Å². The van der Waals surface area contributed by atoms with Crippen LogP contribution in [0.1, 0.15) is 5.56 Å². The van der Waals surface area contributed by atoms with E-state index in [0.29, 0.717) is 6.54 Å². The molecule has 0 aliphatic carbocycles. The summed E-state index contributed by atoms with van der Waals surface area (Å²) in [6.07, 6.45) is 2.07. The Morgan fingerprint density at radius 3 is 2.48 bits per heavy atom. The number of benzene rings is 1. The number of aryl methyl sites for hydroxylation is 1. The van der Waals surface area contributed by atoms with Gasteiger partial charge in [-0.1, -0.05) is 18.2 Å². The molecule has 0 atom stereocenters. The summed E-state index contributed by atoms with van der Waals surface area (Å²) in [7, 11) is 0.